The van der Waals surface area contributed by atoms with Gasteiger partial charge in [0, 0.05) is 23.6 Å². The Morgan fingerprint density at radius 3 is 2.45 bits per heavy atom. The molecular formula is C16H18F3NO2. The van der Waals surface area contributed by atoms with E-state index >= 15 is 0 Å². The Hall–Kier alpha value is -1.40. The maximum atomic E-state index is 13.7. The van der Waals surface area contributed by atoms with E-state index in [-0.39, 0.29) is 29.3 Å². The Kier molecular flexibility index (Phi) is 4.23. The molecule has 2 unspecified atom stereocenters. The quantitative estimate of drug-likeness (QED) is 0.803. The van der Waals surface area contributed by atoms with Crippen LogP contribution < -0.4 is 0 Å². The zero-order valence-corrected chi connectivity index (χ0v) is 12.3. The van der Waals surface area contributed by atoms with Crippen LogP contribution in [0.5, 0.6) is 0 Å². The van der Waals surface area contributed by atoms with Crippen LogP contribution in [0.1, 0.15) is 35.2 Å². The van der Waals surface area contributed by atoms with Gasteiger partial charge in [-0.25, -0.2) is 13.2 Å². The van der Waals surface area contributed by atoms with Crippen LogP contribution in [0.3, 0.4) is 0 Å². The molecule has 2 heterocycles. The molecule has 2 bridgehead atoms. The van der Waals surface area contributed by atoms with E-state index in [1.807, 2.05) is 7.05 Å². The van der Waals surface area contributed by atoms with Crippen LogP contribution >= 0.6 is 0 Å². The van der Waals surface area contributed by atoms with Crippen molar-refractivity contribution in [3.63, 3.8) is 0 Å². The van der Waals surface area contributed by atoms with Crippen molar-refractivity contribution in [2.24, 2.45) is 5.92 Å². The number of likely N-dealkylation sites (N-methyl/N-ethyl adjacent to an activating group) is 1. The van der Waals surface area contributed by atoms with E-state index in [2.05, 4.69) is 4.90 Å². The van der Waals surface area contributed by atoms with Crippen molar-refractivity contribution in [3.05, 3.63) is 35.1 Å². The molecule has 3 rings (SSSR count). The third-order valence-corrected chi connectivity index (χ3v) is 4.78. The summed E-state index contributed by atoms with van der Waals surface area (Å²) >= 11 is 0. The lowest BCUT2D eigenvalue weighted by Crippen LogP contribution is -2.55. The summed E-state index contributed by atoms with van der Waals surface area (Å²) in [6.45, 7) is 1.19. The molecule has 0 amide bonds. The second-order valence-corrected chi connectivity index (χ2v) is 6.08. The maximum Gasteiger partial charge on any atom is 0.266 e. The molecule has 0 saturated carbocycles. The van der Waals surface area contributed by atoms with Crippen LogP contribution in [-0.2, 0) is 4.74 Å². The van der Waals surface area contributed by atoms with E-state index in [4.69, 9.17) is 4.74 Å². The molecule has 1 aromatic carbocycles. The molecule has 2 saturated heterocycles. The number of carbonyl (C=O) groups is 1. The van der Waals surface area contributed by atoms with Gasteiger partial charge in [-0.3, -0.25) is 9.69 Å². The molecule has 6 heteroatoms. The highest BCUT2D eigenvalue weighted by Crippen LogP contribution is 2.33. The summed E-state index contributed by atoms with van der Waals surface area (Å²) < 4.78 is 44.3. The Morgan fingerprint density at radius 2 is 1.91 bits per heavy atom. The largest absolute Gasteiger partial charge is 0.378 e. The molecule has 22 heavy (non-hydrogen) atoms. The lowest BCUT2D eigenvalue weighted by molar-refractivity contribution is -0.0702. The Bertz CT molecular complexity index is 565. The van der Waals surface area contributed by atoms with Crippen LogP contribution in [0.2, 0.25) is 0 Å². The van der Waals surface area contributed by atoms with Gasteiger partial charge < -0.3 is 4.74 Å². The third-order valence-electron chi connectivity index (χ3n) is 4.78. The summed E-state index contributed by atoms with van der Waals surface area (Å²) in [5.41, 5.74) is -0.486. The number of ketones is 1. The van der Waals surface area contributed by atoms with E-state index in [1.54, 1.807) is 0 Å². The molecule has 0 spiro atoms. The fourth-order valence-corrected chi connectivity index (χ4v) is 3.40. The number of Topliss-reactive ketones (excluding diaryl/α,β-unsaturated/α-hetero) is 1. The lowest BCUT2D eigenvalue weighted by atomic mass is 9.81. The van der Waals surface area contributed by atoms with E-state index < -0.39 is 17.8 Å². The molecule has 1 aromatic rings. The van der Waals surface area contributed by atoms with E-state index in [9.17, 15) is 18.0 Å². The second-order valence-electron chi connectivity index (χ2n) is 6.08. The van der Waals surface area contributed by atoms with Gasteiger partial charge in [0.1, 0.15) is 5.82 Å². The number of morpholine rings is 1. The fraction of sp³-hybridized carbons (Fsp3) is 0.562. The average molecular weight is 313 g/mol. The monoisotopic (exact) mass is 313 g/mol. The standard InChI is InChI=1S/C16H18F3NO2/c1-20-11-4-10(5-12(20)8-22-7-11)15(21)9-2-3-13(16(18)19)14(17)6-9/h2-3,6,10-12,16H,4-5,7-8H2,1H3. The highest BCUT2D eigenvalue weighted by atomic mass is 19.3. The summed E-state index contributed by atoms with van der Waals surface area (Å²) in [5.74, 6) is -1.38. The molecule has 0 radical (unpaired) electrons. The van der Waals surface area contributed by atoms with Gasteiger partial charge >= 0.3 is 0 Å². The van der Waals surface area contributed by atoms with Gasteiger partial charge in [-0.1, -0.05) is 6.07 Å². The fourth-order valence-electron chi connectivity index (χ4n) is 3.40. The number of fused-ring (bicyclic) bond motifs is 2. The molecular weight excluding hydrogens is 295 g/mol. The minimum absolute atomic E-state index is 0.162. The van der Waals surface area contributed by atoms with Crippen LogP contribution in [0.4, 0.5) is 13.2 Å². The first kappa shape index (κ1) is 15.5. The second kappa shape index (κ2) is 6.01. The maximum absolute atomic E-state index is 13.7. The first-order valence-electron chi connectivity index (χ1n) is 7.39. The highest BCUT2D eigenvalue weighted by Gasteiger charge is 2.39. The number of hydrogen-bond acceptors (Lipinski definition) is 3. The molecule has 2 atom stereocenters. The topological polar surface area (TPSA) is 29.5 Å². The summed E-state index contributed by atoms with van der Waals surface area (Å²) in [4.78, 5) is 14.8. The number of benzene rings is 1. The Labute approximate surface area is 127 Å². The van der Waals surface area contributed by atoms with Crippen molar-refractivity contribution in [1.29, 1.82) is 0 Å². The van der Waals surface area contributed by atoms with E-state index in [1.165, 1.54) is 6.07 Å². The van der Waals surface area contributed by atoms with Gasteiger partial charge in [0.15, 0.2) is 5.78 Å². The van der Waals surface area contributed by atoms with Crippen molar-refractivity contribution in [2.75, 3.05) is 20.3 Å². The average Bonchev–Trinajstić information content (AvgIpc) is 2.45. The molecule has 2 aliphatic rings. The number of alkyl halides is 2. The number of rotatable bonds is 3. The number of ether oxygens (including phenoxy) is 1. The molecule has 2 fully saturated rings. The summed E-state index contributed by atoms with van der Waals surface area (Å²) in [7, 11) is 2.02. The van der Waals surface area contributed by atoms with Crippen LogP contribution in [0.25, 0.3) is 0 Å². The molecule has 0 aromatic heterocycles. The molecule has 0 aliphatic carbocycles. The SMILES string of the molecule is CN1C2COCC1CC(C(=O)c1ccc(C(F)F)c(F)c1)C2. The van der Waals surface area contributed by atoms with Gasteiger partial charge in [0.2, 0.25) is 0 Å². The van der Waals surface area contributed by atoms with Crippen LogP contribution in [0, 0.1) is 11.7 Å². The van der Waals surface area contributed by atoms with Crippen molar-refractivity contribution in [2.45, 2.75) is 31.4 Å². The number of halogens is 3. The predicted molar refractivity (Wildman–Crippen MR) is 74.6 cm³/mol. The molecule has 2 aliphatic heterocycles. The molecule has 3 nitrogen and oxygen atoms in total. The number of carbonyl (C=O) groups excluding carboxylic acids is 1. The van der Waals surface area contributed by atoms with Gasteiger partial charge in [-0.15, -0.1) is 0 Å². The van der Waals surface area contributed by atoms with Crippen molar-refractivity contribution >= 4 is 5.78 Å². The van der Waals surface area contributed by atoms with Crippen molar-refractivity contribution < 1.29 is 22.7 Å². The summed E-state index contributed by atoms with van der Waals surface area (Å²) in [6.07, 6.45) is -1.56. The van der Waals surface area contributed by atoms with Crippen molar-refractivity contribution in [1.82, 2.24) is 4.90 Å². The first-order valence-corrected chi connectivity index (χ1v) is 7.39. The van der Waals surface area contributed by atoms with Crippen molar-refractivity contribution in [3.8, 4) is 0 Å². The Morgan fingerprint density at radius 1 is 1.27 bits per heavy atom. The number of hydrogen-bond donors (Lipinski definition) is 0. The third kappa shape index (κ3) is 2.77. The zero-order valence-electron chi connectivity index (χ0n) is 12.3. The van der Waals surface area contributed by atoms with E-state index in [0.717, 1.165) is 12.1 Å². The molecule has 0 N–H and O–H groups in total. The lowest BCUT2D eigenvalue weighted by Gasteiger charge is -2.46. The van der Waals surface area contributed by atoms with Gasteiger partial charge in [-0.2, -0.15) is 0 Å². The summed E-state index contributed by atoms with van der Waals surface area (Å²) in [6, 6.07) is 3.62. The minimum Gasteiger partial charge on any atom is -0.378 e. The molecule has 120 valence electrons. The smallest absolute Gasteiger partial charge is 0.266 e. The minimum atomic E-state index is -2.87. The van der Waals surface area contributed by atoms with Crippen LogP contribution in [-0.4, -0.2) is 43.0 Å². The summed E-state index contributed by atoms with van der Waals surface area (Å²) in [5, 5.41) is 0. The van der Waals surface area contributed by atoms with Gasteiger partial charge in [-0.05, 0) is 32.0 Å². The predicted octanol–water partition coefficient (Wildman–Crippen LogP) is 3.06. The first-order chi connectivity index (χ1) is 10.5. The Balaban J connectivity index is 1.78. The number of piperidine rings is 1. The normalized spacial score (nSPS) is 28.9. The number of nitrogens with zero attached hydrogens (tertiary/aromatic N) is 1. The van der Waals surface area contributed by atoms with E-state index in [0.29, 0.717) is 26.1 Å². The highest BCUT2D eigenvalue weighted by molar-refractivity contribution is 5.98. The zero-order chi connectivity index (χ0) is 15.9. The van der Waals surface area contributed by atoms with Gasteiger partial charge in [0.25, 0.3) is 6.43 Å². The van der Waals surface area contributed by atoms with Crippen LogP contribution in [0.15, 0.2) is 18.2 Å². The van der Waals surface area contributed by atoms with Gasteiger partial charge in [0.05, 0.1) is 18.8 Å².